The van der Waals surface area contributed by atoms with E-state index in [9.17, 15) is 14.4 Å². The number of benzene rings is 2. The van der Waals surface area contributed by atoms with E-state index < -0.39 is 18.0 Å². The van der Waals surface area contributed by atoms with E-state index in [4.69, 9.17) is 14.2 Å². The molecule has 0 saturated carbocycles. The second kappa shape index (κ2) is 12.3. The van der Waals surface area contributed by atoms with Crippen LogP contribution in [-0.2, 0) is 19.1 Å². The minimum atomic E-state index is -0.682. The van der Waals surface area contributed by atoms with Gasteiger partial charge in [-0.1, -0.05) is 41.7 Å². The normalized spacial score (nSPS) is 15.1. The van der Waals surface area contributed by atoms with Gasteiger partial charge in [0.25, 0.3) is 5.56 Å². The maximum atomic E-state index is 13.8. The Morgan fingerprint density at radius 1 is 1.08 bits per heavy atom. The monoisotopic (exact) mass is 552 g/mol. The molecule has 1 aromatic heterocycles. The molecular formula is C28H28N2O6S2. The third-order valence-electron chi connectivity index (χ3n) is 5.81. The van der Waals surface area contributed by atoms with Gasteiger partial charge in [0.15, 0.2) is 11.4 Å². The first-order valence-electron chi connectivity index (χ1n) is 12.1. The molecule has 2 heterocycles. The molecule has 198 valence electrons. The van der Waals surface area contributed by atoms with E-state index in [1.54, 1.807) is 61.4 Å². The van der Waals surface area contributed by atoms with Gasteiger partial charge in [-0.05, 0) is 56.9 Å². The summed E-state index contributed by atoms with van der Waals surface area (Å²) >= 11 is 2.83. The van der Waals surface area contributed by atoms with E-state index in [0.717, 1.165) is 10.5 Å². The number of thioether (sulfide) groups is 1. The van der Waals surface area contributed by atoms with Crippen molar-refractivity contribution in [1.29, 1.82) is 0 Å². The highest BCUT2D eigenvalue weighted by Crippen LogP contribution is 2.31. The molecule has 0 amide bonds. The summed E-state index contributed by atoms with van der Waals surface area (Å²) in [4.78, 5) is 44.8. The molecule has 0 saturated heterocycles. The van der Waals surface area contributed by atoms with Crippen LogP contribution >= 0.6 is 23.1 Å². The molecule has 8 nitrogen and oxygen atoms in total. The van der Waals surface area contributed by atoms with E-state index in [-0.39, 0.29) is 25.4 Å². The predicted molar refractivity (Wildman–Crippen MR) is 147 cm³/mol. The first-order valence-corrected chi connectivity index (χ1v) is 14.1. The lowest BCUT2D eigenvalue weighted by Crippen LogP contribution is -2.39. The summed E-state index contributed by atoms with van der Waals surface area (Å²) in [5.41, 5.74) is 1.96. The van der Waals surface area contributed by atoms with E-state index in [2.05, 4.69) is 4.99 Å². The Labute approximate surface area is 228 Å². The number of rotatable bonds is 9. The van der Waals surface area contributed by atoms with Gasteiger partial charge in [-0.2, -0.15) is 0 Å². The highest BCUT2D eigenvalue weighted by Gasteiger charge is 2.33. The lowest BCUT2D eigenvalue weighted by Gasteiger charge is -2.24. The SMILES string of the molecule is CCOC(=O)COc1ccccc1/C=c1\sc2n(c1=O)[C@H](c1ccc(SC)cc1)C(C(=O)OCC)=C(C)N=2. The minimum Gasteiger partial charge on any atom is -0.481 e. The summed E-state index contributed by atoms with van der Waals surface area (Å²) < 4.78 is 17.9. The summed E-state index contributed by atoms with van der Waals surface area (Å²) in [5.74, 6) is -0.533. The zero-order valence-electron chi connectivity index (χ0n) is 21.6. The summed E-state index contributed by atoms with van der Waals surface area (Å²) in [6.07, 6.45) is 3.70. The number of fused-ring (bicyclic) bond motifs is 1. The van der Waals surface area contributed by atoms with E-state index in [0.29, 0.717) is 31.9 Å². The fourth-order valence-electron chi connectivity index (χ4n) is 4.10. The zero-order chi connectivity index (χ0) is 27.2. The molecule has 2 aromatic carbocycles. The largest absolute Gasteiger partial charge is 0.481 e. The van der Waals surface area contributed by atoms with Gasteiger partial charge in [0.2, 0.25) is 0 Å². The van der Waals surface area contributed by atoms with Crippen LogP contribution in [0.3, 0.4) is 0 Å². The van der Waals surface area contributed by atoms with Crippen LogP contribution in [0.15, 0.2) is 74.5 Å². The minimum absolute atomic E-state index is 0.209. The molecule has 0 spiro atoms. The molecular weight excluding hydrogens is 524 g/mol. The number of hydrogen-bond acceptors (Lipinski definition) is 9. The van der Waals surface area contributed by atoms with Crippen molar-refractivity contribution in [3.63, 3.8) is 0 Å². The second-order valence-electron chi connectivity index (χ2n) is 8.21. The van der Waals surface area contributed by atoms with Gasteiger partial charge >= 0.3 is 11.9 Å². The van der Waals surface area contributed by atoms with Crippen molar-refractivity contribution in [3.8, 4) is 5.75 Å². The number of aromatic nitrogens is 1. The molecule has 4 rings (SSSR count). The van der Waals surface area contributed by atoms with Crippen molar-refractivity contribution in [2.75, 3.05) is 26.1 Å². The summed E-state index contributed by atoms with van der Waals surface area (Å²) in [6.45, 7) is 5.46. The Kier molecular flexibility index (Phi) is 8.85. The van der Waals surface area contributed by atoms with Gasteiger partial charge in [0.1, 0.15) is 5.75 Å². The third kappa shape index (κ3) is 5.76. The molecule has 38 heavy (non-hydrogen) atoms. The molecule has 1 aliphatic rings. The van der Waals surface area contributed by atoms with Gasteiger partial charge < -0.3 is 14.2 Å². The van der Waals surface area contributed by atoms with Gasteiger partial charge in [0, 0.05) is 10.5 Å². The number of para-hydroxylation sites is 1. The van der Waals surface area contributed by atoms with Gasteiger partial charge in [0.05, 0.1) is 35.1 Å². The number of nitrogens with zero attached hydrogens (tertiary/aromatic N) is 2. The molecule has 10 heteroatoms. The summed E-state index contributed by atoms with van der Waals surface area (Å²) in [6, 6.07) is 14.2. The number of carbonyl (C=O) groups is 2. The van der Waals surface area contributed by atoms with Crippen LogP contribution in [-0.4, -0.2) is 42.6 Å². The zero-order valence-corrected chi connectivity index (χ0v) is 23.2. The first-order chi connectivity index (χ1) is 18.4. The van der Waals surface area contributed by atoms with Crippen LogP contribution < -0.4 is 19.6 Å². The molecule has 0 radical (unpaired) electrons. The van der Waals surface area contributed by atoms with Crippen molar-refractivity contribution in [2.24, 2.45) is 4.99 Å². The second-order valence-corrected chi connectivity index (χ2v) is 10.1. The van der Waals surface area contributed by atoms with Crippen molar-refractivity contribution >= 4 is 41.1 Å². The Hall–Kier alpha value is -3.63. The van der Waals surface area contributed by atoms with Crippen LogP contribution in [0.5, 0.6) is 5.75 Å². The number of esters is 2. The average Bonchev–Trinajstić information content (AvgIpc) is 3.21. The maximum absolute atomic E-state index is 13.8. The molecule has 0 unspecified atom stereocenters. The van der Waals surface area contributed by atoms with Crippen molar-refractivity contribution in [1.82, 2.24) is 4.57 Å². The Morgan fingerprint density at radius 3 is 2.47 bits per heavy atom. The molecule has 0 aliphatic carbocycles. The predicted octanol–water partition coefficient (Wildman–Crippen LogP) is 3.46. The number of thiazole rings is 1. The van der Waals surface area contributed by atoms with Crippen LogP contribution in [0.1, 0.15) is 37.9 Å². The lowest BCUT2D eigenvalue weighted by molar-refractivity contribution is -0.145. The highest BCUT2D eigenvalue weighted by atomic mass is 32.2. The van der Waals surface area contributed by atoms with Gasteiger partial charge in [-0.15, -0.1) is 11.8 Å². The lowest BCUT2D eigenvalue weighted by atomic mass is 9.96. The van der Waals surface area contributed by atoms with Crippen molar-refractivity contribution < 1.29 is 23.8 Å². The van der Waals surface area contributed by atoms with E-state index >= 15 is 0 Å². The fraction of sp³-hybridized carbons (Fsp3) is 0.286. The Balaban J connectivity index is 1.83. The maximum Gasteiger partial charge on any atom is 0.344 e. The van der Waals surface area contributed by atoms with Gasteiger partial charge in [-0.25, -0.2) is 14.6 Å². The quantitative estimate of drug-likeness (QED) is 0.296. The fourth-order valence-corrected chi connectivity index (χ4v) is 5.55. The number of allylic oxidation sites excluding steroid dienone is 1. The standard InChI is InChI=1S/C28H28N2O6S2/c1-5-34-23(31)16-36-21-10-8-7-9-19(21)15-22-26(32)30-25(18-11-13-20(37-4)14-12-18)24(27(33)35-6-2)17(3)29-28(30)38-22/h7-15,25H,5-6,16H2,1-4H3/b22-15-/t25-/m1/s1. The molecule has 1 atom stereocenters. The number of carbonyl (C=O) groups excluding carboxylic acids is 2. The smallest absolute Gasteiger partial charge is 0.344 e. The van der Waals surface area contributed by atoms with Crippen molar-refractivity contribution in [2.45, 2.75) is 31.7 Å². The van der Waals surface area contributed by atoms with E-state index in [1.807, 2.05) is 36.6 Å². The Morgan fingerprint density at radius 2 is 1.79 bits per heavy atom. The molecule has 0 bridgehead atoms. The molecule has 0 fully saturated rings. The summed E-state index contributed by atoms with van der Waals surface area (Å²) in [5, 5.41) is 0. The van der Waals surface area contributed by atoms with Gasteiger partial charge in [-0.3, -0.25) is 9.36 Å². The van der Waals surface area contributed by atoms with Crippen molar-refractivity contribution in [3.05, 3.63) is 90.6 Å². The van der Waals surface area contributed by atoms with Crippen LogP contribution in [0, 0.1) is 0 Å². The number of hydrogen-bond donors (Lipinski definition) is 0. The van der Waals surface area contributed by atoms with E-state index in [1.165, 1.54) is 11.3 Å². The first kappa shape index (κ1) is 27.4. The topological polar surface area (TPSA) is 96.2 Å². The molecule has 1 aliphatic heterocycles. The Bertz CT molecular complexity index is 1550. The average molecular weight is 553 g/mol. The van der Waals surface area contributed by atoms with Crippen LogP contribution in [0.4, 0.5) is 0 Å². The molecule has 0 N–H and O–H groups in total. The van der Waals surface area contributed by atoms with Crippen LogP contribution in [0.25, 0.3) is 6.08 Å². The third-order valence-corrected chi connectivity index (χ3v) is 7.53. The van der Waals surface area contributed by atoms with Crippen LogP contribution in [0.2, 0.25) is 0 Å². The summed E-state index contributed by atoms with van der Waals surface area (Å²) in [7, 11) is 0. The molecule has 3 aromatic rings. The highest BCUT2D eigenvalue weighted by molar-refractivity contribution is 7.98. The number of ether oxygens (including phenoxy) is 3.